The Morgan fingerprint density at radius 1 is 1.29 bits per heavy atom. The number of hydrogen-bond donors (Lipinski definition) is 2. The summed E-state index contributed by atoms with van der Waals surface area (Å²) in [6, 6.07) is 6.31. The van der Waals surface area contributed by atoms with Crippen molar-refractivity contribution in [3.05, 3.63) is 28.2 Å². The average Bonchev–Trinajstić information content (AvgIpc) is 2.48. The van der Waals surface area contributed by atoms with Gasteiger partial charge in [-0.15, -0.1) is 0 Å². The minimum Gasteiger partial charge on any atom is -0.362 e. The number of anilines is 1. The van der Waals surface area contributed by atoms with E-state index in [0.29, 0.717) is 6.54 Å². The van der Waals surface area contributed by atoms with Gasteiger partial charge in [0, 0.05) is 30.3 Å². The van der Waals surface area contributed by atoms with E-state index in [-0.39, 0.29) is 5.91 Å². The molecular weight excluding hydrogens is 330 g/mol. The molecule has 1 amide bonds. The minimum atomic E-state index is 0.0354. The first-order valence-corrected chi connectivity index (χ1v) is 8.36. The zero-order valence-corrected chi connectivity index (χ0v) is 14.8. The normalized spacial score (nSPS) is 10.5. The molecule has 118 valence electrons. The van der Waals surface area contributed by atoms with Crippen LogP contribution in [0.4, 0.5) is 5.69 Å². The van der Waals surface area contributed by atoms with E-state index in [1.54, 1.807) is 7.05 Å². The molecule has 1 aromatic rings. The topological polar surface area (TPSA) is 44.4 Å². The molecule has 1 rings (SSSR count). The van der Waals surface area contributed by atoms with Crippen LogP contribution in [0, 0.1) is 0 Å². The van der Waals surface area contributed by atoms with Crippen LogP contribution in [0.25, 0.3) is 0 Å². The fraction of sp³-hybridized carbons (Fsp3) is 0.562. The minimum absolute atomic E-state index is 0.0354. The SMILES string of the molecule is CCCNCc1ccc(N(CCC)CC(=O)NC)cc1Br. The highest BCUT2D eigenvalue weighted by Gasteiger charge is 2.11. The quantitative estimate of drug-likeness (QED) is 0.669. The smallest absolute Gasteiger partial charge is 0.239 e. The van der Waals surface area contributed by atoms with Gasteiger partial charge < -0.3 is 15.5 Å². The molecule has 0 unspecified atom stereocenters. The molecule has 0 bridgehead atoms. The van der Waals surface area contributed by atoms with Crippen molar-refractivity contribution in [1.82, 2.24) is 10.6 Å². The lowest BCUT2D eigenvalue weighted by Crippen LogP contribution is -2.36. The summed E-state index contributed by atoms with van der Waals surface area (Å²) in [4.78, 5) is 13.7. The Labute approximate surface area is 136 Å². The molecule has 21 heavy (non-hydrogen) atoms. The fourth-order valence-electron chi connectivity index (χ4n) is 2.10. The van der Waals surface area contributed by atoms with Crippen LogP contribution in [-0.4, -0.2) is 32.6 Å². The molecule has 0 spiro atoms. The summed E-state index contributed by atoms with van der Waals surface area (Å²) < 4.78 is 1.08. The van der Waals surface area contributed by atoms with E-state index in [9.17, 15) is 4.79 Å². The van der Waals surface area contributed by atoms with Crippen molar-refractivity contribution in [3.63, 3.8) is 0 Å². The van der Waals surface area contributed by atoms with Crippen molar-refractivity contribution >= 4 is 27.5 Å². The number of likely N-dealkylation sites (N-methyl/N-ethyl adjacent to an activating group) is 1. The zero-order valence-electron chi connectivity index (χ0n) is 13.2. The van der Waals surface area contributed by atoms with Crippen molar-refractivity contribution in [3.8, 4) is 0 Å². The third-order valence-electron chi connectivity index (χ3n) is 3.25. The van der Waals surface area contributed by atoms with Crippen molar-refractivity contribution < 1.29 is 4.79 Å². The first kappa shape index (κ1) is 18.0. The second-order valence-electron chi connectivity index (χ2n) is 5.05. The van der Waals surface area contributed by atoms with Gasteiger partial charge >= 0.3 is 0 Å². The van der Waals surface area contributed by atoms with Gasteiger partial charge in [0.05, 0.1) is 6.54 Å². The average molecular weight is 356 g/mol. The lowest BCUT2D eigenvalue weighted by Gasteiger charge is -2.24. The number of nitrogens with one attached hydrogen (secondary N) is 2. The number of amides is 1. The Balaban J connectivity index is 2.80. The van der Waals surface area contributed by atoms with Gasteiger partial charge in [-0.2, -0.15) is 0 Å². The number of nitrogens with zero attached hydrogens (tertiary/aromatic N) is 1. The van der Waals surface area contributed by atoms with E-state index in [2.05, 4.69) is 63.5 Å². The van der Waals surface area contributed by atoms with Gasteiger partial charge in [0.15, 0.2) is 0 Å². The van der Waals surface area contributed by atoms with Crippen LogP contribution in [0.15, 0.2) is 22.7 Å². The standard InChI is InChI=1S/C16H26BrN3O/c1-4-8-19-11-13-6-7-14(10-15(13)17)20(9-5-2)12-16(21)18-3/h6-7,10,19H,4-5,8-9,11-12H2,1-3H3,(H,18,21). The lowest BCUT2D eigenvalue weighted by molar-refractivity contribution is -0.119. The lowest BCUT2D eigenvalue weighted by atomic mass is 10.2. The molecule has 2 N–H and O–H groups in total. The fourth-order valence-corrected chi connectivity index (χ4v) is 2.60. The number of rotatable bonds is 9. The maximum atomic E-state index is 11.6. The first-order valence-electron chi connectivity index (χ1n) is 7.57. The van der Waals surface area contributed by atoms with Crippen LogP contribution in [-0.2, 0) is 11.3 Å². The highest BCUT2D eigenvalue weighted by atomic mass is 79.9. The summed E-state index contributed by atoms with van der Waals surface area (Å²) >= 11 is 3.63. The van der Waals surface area contributed by atoms with Crippen LogP contribution >= 0.6 is 15.9 Å². The van der Waals surface area contributed by atoms with Crippen LogP contribution in [0.2, 0.25) is 0 Å². The maximum Gasteiger partial charge on any atom is 0.239 e. The van der Waals surface area contributed by atoms with Crippen molar-refractivity contribution in [2.75, 3.05) is 31.6 Å². The highest BCUT2D eigenvalue weighted by molar-refractivity contribution is 9.10. The second kappa shape index (κ2) is 9.79. The molecule has 0 aromatic heterocycles. The molecule has 0 radical (unpaired) electrons. The van der Waals surface area contributed by atoms with E-state index in [1.165, 1.54) is 5.56 Å². The summed E-state index contributed by atoms with van der Waals surface area (Å²) in [5.74, 6) is 0.0354. The van der Waals surface area contributed by atoms with Crippen molar-refractivity contribution in [1.29, 1.82) is 0 Å². The molecule has 5 heteroatoms. The van der Waals surface area contributed by atoms with Gasteiger partial charge in [0.1, 0.15) is 0 Å². The van der Waals surface area contributed by atoms with Crippen LogP contribution in [0.5, 0.6) is 0 Å². The molecule has 0 saturated heterocycles. The number of carbonyl (C=O) groups is 1. The molecule has 0 heterocycles. The van der Waals surface area contributed by atoms with E-state index in [1.807, 2.05) is 0 Å². The number of carbonyl (C=O) groups excluding carboxylic acids is 1. The third-order valence-corrected chi connectivity index (χ3v) is 3.99. The van der Waals surface area contributed by atoms with Gasteiger partial charge in [0.2, 0.25) is 5.91 Å². The van der Waals surface area contributed by atoms with Gasteiger partial charge in [-0.3, -0.25) is 4.79 Å². The van der Waals surface area contributed by atoms with Crippen LogP contribution in [0.1, 0.15) is 32.3 Å². The summed E-state index contributed by atoms with van der Waals surface area (Å²) in [6.45, 7) is 7.42. The third kappa shape index (κ3) is 6.06. The summed E-state index contributed by atoms with van der Waals surface area (Å²) in [5, 5.41) is 6.08. The summed E-state index contributed by atoms with van der Waals surface area (Å²) in [5.41, 5.74) is 2.31. The largest absolute Gasteiger partial charge is 0.362 e. The molecule has 0 aliphatic rings. The summed E-state index contributed by atoms with van der Waals surface area (Å²) in [6.07, 6.45) is 2.14. The van der Waals surface area contributed by atoms with Crippen LogP contribution in [0.3, 0.4) is 0 Å². The number of hydrogen-bond acceptors (Lipinski definition) is 3. The molecule has 0 saturated carbocycles. The predicted molar refractivity (Wildman–Crippen MR) is 92.7 cm³/mol. The molecule has 0 aliphatic heterocycles. The Kier molecular flexibility index (Phi) is 8.38. The van der Waals surface area contributed by atoms with E-state index in [4.69, 9.17) is 0 Å². The van der Waals surface area contributed by atoms with Gasteiger partial charge in [-0.1, -0.05) is 35.8 Å². The predicted octanol–water partition coefficient (Wildman–Crippen LogP) is 2.91. The molecule has 1 aromatic carbocycles. The molecular formula is C16H26BrN3O. The monoisotopic (exact) mass is 355 g/mol. The molecule has 0 fully saturated rings. The van der Waals surface area contributed by atoms with E-state index >= 15 is 0 Å². The van der Waals surface area contributed by atoms with E-state index in [0.717, 1.165) is 42.6 Å². The first-order chi connectivity index (χ1) is 10.1. The Hall–Kier alpha value is -1.07. The van der Waals surface area contributed by atoms with Crippen molar-refractivity contribution in [2.24, 2.45) is 0 Å². The highest BCUT2D eigenvalue weighted by Crippen LogP contribution is 2.24. The van der Waals surface area contributed by atoms with Gasteiger partial charge in [-0.25, -0.2) is 0 Å². The van der Waals surface area contributed by atoms with Crippen molar-refractivity contribution in [2.45, 2.75) is 33.2 Å². The van der Waals surface area contributed by atoms with E-state index < -0.39 is 0 Å². The molecule has 0 atom stereocenters. The molecule has 4 nitrogen and oxygen atoms in total. The second-order valence-corrected chi connectivity index (χ2v) is 5.90. The maximum absolute atomic E-state index is 11.6. The summed E-state index contributed by atoms with van der Waals surface area (Å²) in [7, 11) is 1.67. The number of benzene rings is 1. The van der Waals surface area contributed by atoms with Gasteiger partial charge in [0.25, 0.3) is 0 Å². The van der Waals surface area contributed by atoms with Crippen LogP contribution < -0.4 is 15.5 Å². The zero-order chi connectivity index (χ0) is 15.7. The molecule has 0 aliphatic carbocycles. The Morgan fingerprint density at radius 2 is 2.05 bits per heavy atom. The number of halogens is 1. The Morgan fingerprint density at radius 3 is 2.62 bits per heavy atom. The Bertz CT molecular complexity index is 451. The van der Waals surface area contributed by atoms with Gasteiger partial charge in [-0.05, 0) is 37.1 Å².